The topological polar surface area (TPSA) is 61.2 Å². The summed E-state index contributed by atoms with van der Waals surface area (Å²) in [6.07, 6.45) is 0.737. The lowest BCUT2D eigenvalue weighted by Crippen LogP contribution is -2.26. The molecular weight excluding hydrogens is 379 g/mol. The first-order valence-corrected chi connectivity index (χ1v) is 10.0. The number of esters is 1. The van der Waals surface area contributed by atoms with Crippen LogP contribution in [0.3, 0.4) is 0 Å². The van der Waals surface area contributed by atoms with Crippen molar-refractivity contribution in [2.75, 3.05) is 7.11 Å². The second kappa shape index (κ2) is 8.22. The molecule has 0 spiro atoms. The highest BCUT2D eigenvalue weighted by Gasteiger charge is 2.21. The van der Waals surface area contributed by atoms with Crippen molar-refractivity contribution in [1.82, 2.24) is 9.55 Å². The van der Waals surface area contributed by atoms with E-state index in [1.807, 2.05) is 20.8 Å². The van der Waals surface area contributed by atoms with Gasteiger partial charge in [-0.15, -0.1) is 11.3 Å². The number of hydrogen-bond donors (Lipinski definition) is 0. The number of aryl methyl sites for hydroxylation is 1. The third kappa shape index (κ3) is 3.85. The SMILES string of the molecule is COC(=O)CCCn1c(C(C)C)nc2sc(C)c(-c3ccc(F)cc3)c2c1=O. The molecule has 1 aromatic carbocycles. The number of hydrogen-bond acceptors (Lipinski definition) is 5. The number of carbonyl (C=O) groups is 1. The summed E-state index contributed by atoms with van der Waals surface area (Å²) in [6.45, 7) is 6.32. The van der Waals surface area contributed by atoms with Gasteiger partial charge in [-0.1, -0.05) is 26.0 Å². The minimum atomic E-state index is -0.318. The number of halogens is 1. The standard InChI is InChI=1S/C21H23FN2O3S/c1-12(2)19-23-20-18(21(26)24(19)11-5-6-16(25)27-4)17(13(3)28-20)14-7-9-15(22)10-8-14/h7-10,12H,5-6,11H2,1-4H3. The predicted molar refractivity (Wildman–Crippen MR) is 109 cm³/mol. The normalized spacial score (nSPS) is 11.4. The van der Waals surface area contributed by atoms with E-state index in [0.29, 0.717) is 29.0 Å². The molecule has 0 aliphatic heterocycles. The van der Waals surface area contributed by atoms with Crippen LogP contribution in [0.1, 0.15) is 43.3 Å². The number of nitrogens with zero attached hydrogens (tertiary/aromatic N) is 2. The van der Waals surface area contributed by atoms with Crippen molar-refractivity contribution >= 4 is 27.5 Å². The molecule has 0 saturated heterocycles. The highest BCUT2D eigenvalue weighted by atomic mass is 32.1. The summed E-state index contributed by atoms with van der Waals surface area (Å²) in [6, 6.07) is 6.15. The summed E-state index contributed by atoms with van der Waals surface area (Å²) >= 11 is 1.47. The number of thiophene rings is 1. The number of aromatic nitrogens is 2. The molecule has 3 rings (SSSR count). The lowest BCUT2D eigenvalue weighted by atomic mass is 10.0. The molecule has 0 saturated carbocycles. The Balaban J connectivity index is 2.16. The van der Waals surface area contributed by atoms with E-state index in [9.17, 15) is 14.0 Å². The first-order chi connectivity index (χ1) is 13.3. The molecule has 2 heterocycles. The van der Waals surface area contributed by atoms with Gasteiger partial charge in [0.15, 0.2) is 0 Å². The maximum absolute atomic E-state index is 13.4. The highest BCUT2D eigenvalue weighted by molar-refractivity contribution is 7.19. The van der Waals surface area contributed by atoms with E-state index < -0.39 is 0 Å². The number of methoxy groups -OCH3 is 1. The zero-order chi connectivity index (χ0) is 20.4. The van der Waals surface area contributed by atoms with Gasteiger partial charge in [0.1, 0.15) is 16.5 Å². The van der Waals surface area contributed by atoms with Gasteiger partial charge in [0.05, 0.1) is 12.5 Å². The average Bonchev–Trinajstić information content (AvgIpc) is 3.00. The van der Waals surface area contributed by atoms with Gasteiger partial charge in [-0.3, -0.25) is 14.2 Å². The molecule has 0 aliphatic carbocycles. The fourth-order valence-corrected chi connectivity index (χ4v) is 4.36. The Kier molecular flexibility index (Phi) is 5.93. The molecule has 0 amide bonds. The molecule has 0 radical (unpaired) electrons. The molecule has 148 valence electrons. The van der Waals surface area contributed by atoms with E-state index in [1.165, 1.54) is 30.6 Å². The zero-order valence-corrected chi connectivity index (χ0v) is 17.2. The molecule has 0 fully saturated rings. The monoisotopic (exact) mass is 402 g/mol. The summed E-state index contributed by atoms with van der Waals surface area (Å²) in [7, 11) is 1.35. The second-order valence-corrected chi connectivity index (χ2v) is 8.18. The zero-order valence-electron chi connectivity index (χ0n) is 16.4. The molecule has 3 aromatic rings. The van der Waals surface area contributed by atoms with Gasteiger partial charge in [0.2, 0.25) is 0 Å². The summed E-state index contributed by atoms with van der Waals surface area (Å²) in [5.41, 5.74) is 1.47. The van der Waals surface area contributed by atoms with Crippen molar-refractivity contribution in [2.24, 2.45) is 0 Å². The van der Waals surface area contributed by atoms with Crippen molar-refractivity contribution in [2.45, 2.75) is 46.1 Å². The van der Waals surface area contributed by atoms with Crippen molar-refractivity contribution in [3.63, 3.8) is 0 Å². The largest absolute Gasteiger partial charge is 0.469 e. The average molecular weight is 402 g/mol. The minimum absolute atomic E-state index is 0.0619. The Morgan fingerprint density at radius 1 is 1.29 bits per heavy atom. The predicted octanol–water partition coefficient (Wildman–Crippen LogP) is 4.65. The van der Waals surface area contributed by atoms with Crippen LogP contribution in [0.15, 0.2) is 29.1 Å². The van der Waals surface area contributed by atoms with E-state index in [2.05, 4.69) is 4.74 Å². The molecule has 0 bridgehead atoms. The van der Waals surface area contributed by atoms with Crippen LogP contribution >= 0.6 is 11.3 Å². The summed E-state index contributed by atoms with van der Waals surface area (Å²) in [4.78, 5) is 31.3. The summed E-state index contributed by atoms with van der Waals surface area (Å²) < 4.78 is 19.7. The quantitative estimate of drug-likeness (QED) is 0.563. The van der Waals surface area contributed by atoms with E-state index in [4.69, 9.17) is 4.98 Å². The molecule has 0 unspecified atom stereocenters. The van der Waals surface area contributed by atoms with Crippen molar-refractivity contribution < 1.29 is 13.9 Å². The van der Waals surface area contributed by atoms with Gasteiger partial charge in [0, 0.05) is 29.3 Å². The maximum atomic E-state index is 13.4. The third-order valence-electron chi connectivity index (χ3n) is 4.66. The minimum Gasteiger partial charge on any atom is -0.469 e. The van der Waals surface area contributed by atoms with Crippen LogP contribution < -0.4 is 5.56 Å². The fourth-order valence-electron chi connectivity index (χ4n) is 3.32. The highest BCUT2D eigenvalue weighted by Crippen LogP contribution is 2.36. The van der Waals surface area contributed by atoms with Crippen LogP contribution in [0.5, 0.6) is 0 Å². The Morgan fingerprint density at radius 3 is 2.57 bits per heavy atom. The number of rotatable bonds is 6. The molecule has 0 N–H and O–H groups in total. The summed E-state index contributed by atoms with van der Waals surface area (Å²) in [5.74, 6) is 0.147. The molecule has 28 heavy (non-hydrogen) atoms. The van der Waals surface area contributed by atoms with Gasteiger partial charge in [-0.2, -0.15) is 0 Å². The van der Waals surface area contributed by atoms with Crippen molar-refractivity contribution in [1.29, 1.82) is 0 Å². The summed E-state index contributed by atoms with van der Waals surface area (Å²) in [5, 5.41) is 0.552. The number of benzene rings is 1. The Morgan fingerprint density at radius 2 is 1.96 bits per heavy atom. The molecule has 7 heteroatoms. The van der Waals surface area contributed by atoms with Gasteiger partial charge < -0.3 is 4.74 Å². The molecule has 0 atom stereocenters. The Bertz CT molecular complexity index is 1070. The molecular formula is C21H23FN2O3S. The number of ether oxygens (including phenoxy) is 1. The Labute approximate surface area is 166 Å². The fraction of sp³-hybridized carbons (Fsp3) is 0.381. The molecule has 2 aromatic heterocycles. The lowest BCUT2D eigenvalue weighted by Gasteiger charge is -2.15. The van der Waals surface area contributed by atoms with Gasteiger partial charge >= 0.3 is 5.97 Å². The van der Waals surface area contributed by atoms with Gasteiger partial charge in [0.25, 0.3) is 5.56 Å². The van der Waals surface area contributed by atoms with Crippen molar-refractivity contribution in [3.8, 4) is 11.1 Å². The number of fused-ring (bicyclic) bond motifs is 1. The first kappa shape index (κ1) is 20.2. The number of carbonyl (C=O) groups excluding carboxylic acids is 1. The Hall–Kier alpha value is -2.54. The van der Waals surface area contributed by atoms with E-state index in [0.717, 1.165) is 16.0 Å². The molecule has 0 aliphatic rings. The van der Waals surface area contributed by atoms with E-state index in [-0.39, 0.29) is 29.7 Å². The van der Waals surface area contributed by atoms with Crippen LogP contribution in [-0.4, -0.2) is 22.6 Å². The van der Waals surface area contributed by atoms with Gasteiger partial charge in [-0.05, 0) is 31.0 Å². The van der Waals surface area contributed by atoms with Crippen LogP contribution in [-0.2, 0) is 16.1 Å². The third-order valence-corrected chi connectivity index (χ3v) is 5.66. The van der Waals surface area contributed by atoms with Crippen LogP contribution in [0.2, 0.25) is 0 Å². The van der Waals surface area contributed by atoms with Crippen LogP contribution in [0, 0.1) is 12.7 Å². The second-order valence-electron chi connectivity index (χ2n) is 6.98. The lowest BCUT2D eigenvalue weighted by molar-refractivity contribution is -0.140. The van der Waals surface area contributed by atoms with Crippen molar-refractivity contribution in [3.05, 3.63) is 51.1 Å². The van der Waals surface area contributed by atoms with Crippen LogP contribution in [0.25, 0.3) is 21.3 Å². The van der Waals surface area contributed by atoms with E-state index in [1.54, 1.807) is 16.7 Å². The van der Waals surface area contributed by atoms with E-state index >= 15 is 0 Å². The smallest absolute Gasteiger partial charge is 0.305 e. The van der Waals surface area contributed by atoms with Gasteiger partial charge in [-0.25, -0.2) is 9.37 Å². The first-order valence-electron chi connectivity index (χ1n) is 9.20. The maximum Gasteiger partial charge on any atom is 0.305 e. The van der Waals surface area contributed by atoms with Crippen LogP contribution in [0.4, 0.5) is 4.39 Å². The molecule has 5 nitrogen and oxygen atoms in total.